The number of halogens is 1. The Kier molecular flexibility index (Phi) is 4.29. The molecule has 0 saturated heterocycles. The zero-order chi connectivity index (χ0) is 12.3. The Morgan fingerprint density at radius 2 is 2.29 bits per heavy atom. The third-order valence-electron chi connectivity index (χ3n) is 3.35. The highest BCUT2D eigenvalue weighted by Gasteiger charge is 2.25. The molecule has 4 heteroatoms. The number of thioether (sulfide) groups is 1. The van der Waals surface area contributed by atoms with Gasteiger partial charge >= 0.3 is 0 Å². The van der Waals surface area contributed by atoms with Crippen LogP contribution in [0.1, 0.15) is 24.8 Å². The van der Waals surface area contributed by atoms with Crippen molar-refractivity contribution in [1.29, 1.82) is 0 Å². The van der Waals surface area contributed by atoms with E-state index in [1.165, 1.54) is 37.5 Å². The summed E-state index contributed by atoms with van der Waals surface area (Å²) >= 11 is 1.88. The monoisotopic (exact) mass is 255 g/mol. The van der Waals surface area contributed by atoms with Gasteiger partial charge in [0.15, 0.2) is 0 Å². The molecule has 1 fully saturated rings. The van der Waals surface area contributed by atoms with E-state index in [0.717, 1.165) is 0 Å². The lowest BCUT2D eigenvalue weighted by Crippen LogP contribution is -2.33. The van der Waals surface area contributed by atoms with Crippen LogP contribution in [0.25, 0.3) is 0 Å². The van der Waals surface area contributed by atoms with Crippen molar-refractivity contribution in [2.45, 2.75) is 37.1 Å². The fourth-order valence-electron chi connectivity index (χ4n) is 2.38. The first-order valence-electron chi connectivity index (χ1n) is 5.94. The molecule has 0 heterocycles. The molecule has 1 aliphatic rings. The van der Waals surface area contributed by atoms with Crippen LogP contribution in [0.4, 0.5) is 4.39 Å². The molecule has 2 atom stereocenters. The average Bonchev–Trinajstić information content (AvgIpc) is 2.77. The van der Waals surface area contributed by atoms with Gasteiger partial charge < -0.3 is 10.4 Å². The number of hydrogen-bond acceptors (Lipinski definition) is 3. The fraction of sp³-hybridized carbons (Fsp3) is 0.538. The molecule has 0 aliphatic heterocycles. The lowest BCUT2D eigenvalue weighted by atomic mass is 10.1. The minimum absolute atomic E-state index is 0.164. The Morgan fingerprint density at radius 3 is 3.06 bits per heavy atom. The Morgan fingerprint density at radius 1 is 1.47 bits per heavy atom. The van der Waals surface area contributed by atoms with Crippen LogP contribution in [-0.4, -0.2) is 22.7 Å². The highest BCUT2D eigenvalue weighted by Crippen LogP contribution is 2.29. The summed E-state index contributed by atoms with van der Waals surface area (Å²) in [5.41, 5.74) is 0.636. The van der Waals surface area contributed by atoms with E-state index in [0.29, 0.717) is 23.4 Å². The second-order valence-electron chi connectivity index (χ2n) is 4.47. The van der Waals surface area contributed by atoms with Crippen molar-refractivity contribution in [3.05, 3.63) is 29.6 Å². The number of nitrogens with one attached hydrogen (secondary N) is 1. The van der Waals surface area contributed by atoms with Gasteiger partial charge in [-0.25, -0.2) is 4.39 Å². The molecule has 1 saturated carbocycles. The summed E-state index contributed by atoms with van der Waals surface area (Å²) in [6.07, 6.45) is 5.79. The van der Waals surface area contributed by atoms with Gasteiger partial charge in [0.25, 0.3) is 0 Å². The van der Waals surface area contributed by atoms with Gasteiger partial charge in [-0.1, -0.05) is 6.42 Å². The molecule has 0 aromatic heterocycles. The molecule has 2 rings (SSSR count). The van der Waals surface area contributed by atoms with Crippen molar-refractivity contribution in [2.75, 3.05) is 6.26 Å². The number of phenols is 1. The number of rotatable bonds is 4. The molecule has 0 amide bonds. The van der Waals surface area contributed by atoms with Crippen LogP contribution in [0.5, 0.6) is 5.75 Å². The van der Waals surface area contributed by atoms with Gasteiger partial charge in [-0.3, -0.25) is 0 Å². The predicted molar refractivity (Wildman–Crippen MR) is 69.8 cm³/mol. The van der Waals surface area contributed by atoms with Crippen molar-refractivity contribution >= 4 is 11.8 Å². The molecule has 1 aromatic rings. The molecule has 0 spiro atoms. The molecule has 2 nitrogen and oxygen atoms in total. The van der Waals surface area contributed by atoms with E-state index in [2.05, 4.69) is 11.6 Å². The molecule has 1 aromatic carbocycles. The first kappa shape index (κ1) is 12.7. The minimum Gasteiger partial charge on any atom is -0.508 e. The van der Waals surface area contributed by atoms with Gasteiger partial charge in [0.1, 0.15) is 11.6 Å². The minimum atomic E-state index is -0.299. The molecule has 2 unspecified atom stereocenters. The molecule has 17 heavy (non-hydrogen) atoms. The normalized spacial score (nSPS) is 24.1. The topological polar surface area (TPSA) is 32.3 Å². The van der Waals surface area contributed by atoms with Crippen LogP contribution < -0.4 is 5.32 Å². The maximum atomic E-state index is 13.0. The van der Waals surface area contributed by atoms with E-state index in [4.69, 9.17) is 0 Å². The van der Waals surface area contributed by atoms with Gasteiger partial charge in [0, 0.05) is 23.4 Å². The number of hydrogen-bond donors (Lipinski definition) is 2. The van der Waals surface area contributed by atoms with Crippen molar-refractivity contribution < 1.29 is 9.50 Å². The van der Waals surface area contributed by atoms with Gasteiger partial charge in [0.05, 0.1) is 0 Å². The Bertz CT molecular complexity index is 386. The second-order valence-corrected chi connectivity index (χ2v) is 5.54. The molecule has 0 bridgehead atoms. The second kappa shape index (κ2) is 5.74. The van der Waals surface area contributed by atoms with E-state index in [9.17, 15) is 9.50 Å². The highest BCUT2D eigenvalue weighted by molar-refractivity contribution is 7.99. The van der Waals surface area contributed by atoms with E-state index < -0.39 is 0 Å². The van der Waals surface area contributed by atoms with Crippen LogP contribution in [-0.2, 0) is 6.54 Å². The summed E-state index contributed by atoms with van der Waals surface area (Å²) in [4.78, 5) is 0. The van der Waals surface area contributed by atoms with E-state index >= 15 is 0 Å². The molecule has 2 N–H and O–H groups in total. The Hall–Kier alpha value is -0.740. The standard InChI is InChI=1S/C13H18FNOS/c1-17-13-4-2-3-11(13)15-8-9-7-10(14)5-6-12(9)16/h5-7,11,13,15-16H,2-4,8H2,1H3. The summed E-state index contributed by atoms with van der Waals surface area (Å²) in [6, 6.07) is 4.56. The van der Waals surface area contributed by atoms with Crippen molar-refractivity contribution in [2.24, 2.45) is 0 Å². The molecular weight excluding hydrogens is 237 g/mol. The fourth-order valence-corrected chi connectivity index (χ4v) is 3.34. The zero-order valence-corrected chi connectivity index (χ0v) is 10.8. The highest BCUT2D eigenvalue weighted by atomic mass is 32.2. The van der Waals surface area contributed by atoms with Crippen LogP contribution >= 0.6 is 11.8 Å². The maximum Gasteiger partial charge on any atom is 0.123 e. The molecule has 0 radical (unpaired) electrons. The molecule has 94 valence electrons. The first-order chi connectivity index (χ1) is 8.20. The summed E-state index contributed by atoms with van der Waals surface area (Å²) in [5, 5.41) is 13.7. The SMILES string of the molecule is CSC1CCCC1NCc1cc(F)ccc1O. The zero-order valence-electron chi connectivity index (χ0n) is 9.95. The van der Waals surface area contributed by atoms with E-state index in [1.54, 1.807) is 0 Å². The number of phenolic OH excluding ortho intramolecular Hbond substituents is 1. The van der Waals surface area contributed by atoms with Gasteiger partial charge in [-0.05, 0) is 37.3 Å². The summed E-state index contributed by atoms with van der Waals surface area (Å²) in [7, 11) is 0. The average molecular weight is 255 g/mol. The van der Waals surface area contributed by atoms with Crippen molar-refractivity contribution in [3.8, 4) is 5.75 Å². The third kappa shape index (κ3) is 3.13. The van der Waals surface area contributed by atoms with Crippen molar-refractivity contribution in [3.63, 3.8) is 0 Å². The summed E-state index contributed by atoms with van der Waals surface area (Å²) < 4.78 is 13.0. The largest absolute Gasteiger partial charge is 0.508 e. The van der Waals surface area contributed by atoms with Gasteiger partial charge in [0.2, 0.25) is 0 Å². The summed E-state index contributed by atoms with van der Waals surface area (Å²) in [5.74, 6) is -0.134. The van der Waals surface area contributed by atoms with Gasteiger partial charge in [-0.2, -0.15) is 11.8 Å². The summed E-state index contributed by atoms with van der Waals surface area (Å²) in [6.45, 7) is 0.533. The Labute approximate surface area is 106 Å². The maximum absolute atomic E-state index is 13.0. The van der Waals surface area contributed by atoms with Crippen molar-refractivity contribution in [1.82, 2.24) is 5.32 Å². The first-order valence-corrected chi connectivity index (χ1v) is 7.23. The lowest BCUT2D eigenvalue weighted by Gasteiger charge is -2.19. The van der Waals surface area contributed by atoms with E-state index in [-0.39, 0.29) is 11.6 Å². The van der Waals surface area contributed by atoms with Gasteiger partial charge in [-0.15, -0.1) is 0 Å². The van der Waals surface area contributed by atoms with Crippen LogP contribution in [0.2, 0.25) is 0 Å². The number of aromatic hydroxyl groups is 1. The van der Waals surface area contributed by atoms with Crippen LogP contribution in [0.3, 0.4) is 0 Å². The van der Waals surface area contributed by atoms with E-state index in [1.807, 2.05) is 11.8 Å². The number of benzene rings is 1. The third-order valence-corrected chi connectivity index (χ3v) is 4.52. The quantitative estimate of drug-likeness (QED) is 0.867. The molecule has 1 aliphatic carbocycles. The predicted octanol–water partition coefficient (Wildman–Crippen LogP) is 2.91. The molecular formula is C13H18FNOS. The smallest absolute Gasteiger partial charge is 0.123 e. The van der Waals surface area contributed by atoms with Crippen LogP contribution in [0, 0.1) is 5.82 Å². The van der Waals surface area contributed by atoms with Crippen LogP contribution in [0.15, 0.2) is 18.2 Å². The Balaban J connectivity index is 1.95. The lowest BCUT2D eigenvalue weighted by molar-refractivity contribution is 0.454.